The van der Waals surface area contributed by atoms with Crippen molar-refractivity contribution in [3.63, 3.8) is 0 Å². The molecule has 0 saturated carbocycles. The van der Waals surface area contributed by atoms with Gasteiger partial charge in [0.1, 0.15) is 0 Å². The van der Waals surface area contributed by atoms with Crippen molar-refractivity contribution in [2.45, 2.75) is 6.67 Å². The molecule has 1 heterocycles. The molecule has 1 aromatic heterocycles. The van der Waals surface area contributed by atoms with E-state index in [2.05, 4.69) is 26.2 Å². The van der Waals surface area contributed by atoms with Gasteiger partial charge in [-0.05, 0) is 35.1 Å². The van der Waals surface area contributed by atoms with Gasteiger partial charge in [0.05, 0.1) is 23.9 Å². The molecule has 0 amide bonds. The maximum Gasteiger partial charge on any atom is 0.262 e. The van der Waals surface area contributed by atoms with Crippen LogP contribution < -0.4 is 10.9 Å². The van der Waals surface area contributed by atoms with E-state index in [4.69, 9.17) is 0 Å². The summed E-state index contributed by atoms with van der Waals surface area (Å²) in [6.07, 6.45) is 1.55. The highest BCUT2D eigenvalue weighted by Crippen LogP contribution is 2.18. The molecular formula is C10H10BrN3O. The lowest BCUT2D eigenvalue weighted by atomic mass is 10.2. The van der Waals surface area contributed by atoms with Gasteiger partial charge in [-0.3, -0.25) is 9.36 Å². The highest BCUT2D eigenvalue weighted by atomic mass is 79.9. The summed E-state index contributed by atoms with van der Waals surface area (Å²) < 4.78 is 2.38. The Labute approximate surface area is 95.1 Å². The molecule has 15 heavy (non-hydrogen) atoms. The Morgan fingerprint density at radius 3 is 3.07 bits per heavy atom. The van der Waals surface area contributed by atoms with Crippen LogP contribution in [0.3, 0.4) is 0 Å². The average molecular weight is 268 g/mol. The predicted molar refractivity (Wildman–Crippen MR) is 62.8 cm³/mol. The van der Waals surface area contributed by atoms with E-state index < -0.39 is 0 Å². The van der Waals surface area contributed by atoms with Crippen molar-refractivity contribution in [3.8, 4) is 0 Å². The lowest BCUT2D eigenvalue weighted by Crippen LogP contribution is -2.26. The minimum atomic E-state index is -0.0318. The summed E-state index contributed by atoms with van der Waals surface area (Å²) in [6.45, 7) is 0.467. The van der Waals surface area contributed by atoms with Gasteiger partial charge in [0, 0.05) is 4.47 Å². The number of nitrogens with one attached hydrogen (secondary N) is 1. The predicted octanol–water partition coefficient (Wildman–Crippen LogP) is 1.34. The van der Waals surface area contributed by atoms with E-state index in [1.807, 2.05) is 12.1 Å². The third-order valence-electron chi connectivity index (χ3n) is 2.13. The Balaban J connectivity index is 2.75. The minimum absolute atomic E-state index is 0.0318. The fourth-order valence-corrected chi connectivity index (χ4v) is 1.91. The maximum atomic E-state index is 11.9. The van der Waals surface area contributed by atoms with Crippen molar-refractivity contribution in [3.05, 3.63) is 39.4 Å². The normalized spacial score (nSPS) is 10.8. The number of hydrogen-bond acceptors (Lipinski definition) is 3. The largest absolute Gasteiger partial charge is 0.303 e. The molecule has 0 aliphatic rings. The van der Waals surface area contributed by atoms with Crippen LogP contribution in [0.1, 0.15) is 0 Å². The molecule has 2 rings (SSSR count). The molecule has 1 aromatic carbocycles. The van der Waals surface area contributed by atoms with E-state index in [0.29, 0.717) is 17.6 Å². The number of benzene rings is 1. The molecular weight excluding hydrogens is 258 g/mol. The number of hydrogen-bond donors (Lipinski definition) is 1. The van der Waals surface area contributed by atoms with Crippen molar-refractivity contribution in [1.82, 2.24) is 14.9 Å². The Bertz CT molecular complexity index is 550. The zero-order valence-corrected chi connectivity index (χ0v) is 9.78. The van der Waals surface area contributed by atoms with Crippen molar-refractivity contribution in [2.24, 2.45) is 0 Å². The number of rotatable bonds is 2. The zero-order valence-electron chi connectivity index (χ0n) is 8.20. The van der Waals surface area contributed by atoms with Gasteiger partial charge in [0.15, 0.2) is 0 Å². The fourth-order valence-electron chi connectivity index (χ4n) is 1.44. The number of nitrogens with zero attached hydrogens (tertiary/aromatic N) is 2. The zero-order chi connectivity index (χ0) is 10.8. The van der Waals surface area contributed by atoms with E-state index >= 15 is 0 Å². The van der Waals surface area contributed by atoms with Crippen LogP contribution in [0.25, 0.3) is 10.9 Å². The third-order valence-corrected chi connectivity index (χ3v) is 2.77. The standard InChI is InChI=1S/C10H10BrN3O/c1-12-5-14-6-13-9-7(10(14)15)3-2-4-8(9)11/h2-4,6,12H,5H2,1H3. The van der Waals surface area contributed by atoms with Crippen LogP contribution in [-0.2, 0) is 6.67 Å². The van der Waals surface area contributed by atoms with Crippen molar-refractivity contribution >= 4 is 26.8 Å². The Hall–Kier alpha value is -1.20. The highest BCUT2D eigenvalue weighted by molar-refractivity contribution is 9.10. The van der Waals surface area contributed by atoms with Gasteiger partial charge in [-0.1, -0.05) is 6.07 Å². The minimum Gasteiger partial charge on any atom is -0.303 e. The molecule has 0 atom stereocenters. The smallest absolute Gasteiger partial charge is 0.262 e. The van der Waals surface area contributed by atoms with Crippen LogP contribution in [0.15, 0.2) is 33.8 Å². The summed E-state index contributed by atoms with van der Waals surface area (Å²) in [4.78, 5) is 16.2. The number of aromatic nitrogens is 2. The quantitative estimate of drug-likeness (QED) is 0.894. The molecule has 2 aromatic rings. The molecule has 0 radical (unpaired) electrons. The molecule has 0 bridgehead atoms. The molecule has 5 heteroatoms. The first kappa shape index (κ1) is 10.3. The number of para-hydroxylation sites is 1. The molecule has 78 valence electrons. The van der Waals surface area contributed by atoms with Gasteiger partial charge in [-0.2, -0.15) is 0 Å². The first-order valence-electron chi connectivity index (χ1n) is 4.52. The highest BCUT2D eigenvalue weighted by Gasteiger charge is 2.05. The Morgan fingerprint density at radius 2 is 2.33 bits per heavy atom. The molecule has 0 aliphatic heterocycles. The first-order chi connectivity index (χ1) is 7.24. The van der Waals surface area contributed by atoms with Crippen LogP contribution in [0.5, 0.6) is 0 Å². The second-order valence-corrected chi connectivity index (χ2v) is 4.02. The van der Waals surface area contributed by atoms with Crippen molar-refractivity contribution < 1.29 is 0 Å². The third kappa shape index (κ3) is 1.80. The monoisotopic (exact) mass is 267 g/mol. The van der Waals surface area contributed by atoms with Crippen LogP contribution in [0.4, 0.5) is 0 Å². The molecule has 0 unspecified atom stereocenters. The van der Waals surface area contributed by atoms with E-state index in [9.17, 15) is 4.79 Å². The molecule has 1 N–H and O–H groups in total. The summed E-state index contributed by atoms with van der Waals surface area (Å²) in [6, 6.07) is 5.48. The maximum absolute atomic E-state index is 11.9. The molecule has 0 saturated heterocycles. The van der Waals surface area contributed by atoms with E-state index in [0.717, 1.165) is 4.47 Å². The van der Waals surface area contributed by atoms with Crippen LogP contribution >= 0.6 is 15.9 Å². The topological polar surface area (TPSA) is 46.9 Å². The van der Waals surface area contributed by atoms with E-state index in [1.165, 1.54) is 4.57 Å². The van der Waals surface area contributed by atoms with Crippen LogP contribution in [0.2, 0.25) is 0 Å². The van der Waals surface area contributed by atoms with Crippen LogP contribution in [-0.4, -0.2) is 16.6 Å². The summed E-state index contributed by atoms with van der Waals surface area (Å²) in [5.74, 6) is 0. The average Bonchev–Trinajstić information content (AvgIpc) is 2.23. The van der Waals surface area contributed by atoms with Crippen LogP contribution in [0, 0.1) is 0 Å². The van der Waals surface area contributed by atoms with E-state index in [-0.39, 0.29) is 5.56 Å². The van der Waals surface area contributed by atoms with Gasteiger partial charge in [0.2, 0.25) is 0 Å². The molecule has 0 spiro atoms. The van der Waals surface area contributed by atoms with Gasteiger partial charge in [0.25, 0.3) is 5.56 Å². The van der Waals surface area contributed by atoms with Gasteiger partial charge < -0.3 is 5.32 Å². The molecule has 0 aliphatic carbocycles. The van der Waals surface area contributed by atoms with Crippen molar-refractivity contribution in [1.29, 1.82) is 0 Å². The fraction of sp³-hybridized carbons (Fsp3) is 0.200. The summed E-state index contributed by atoms with van der Waals surface area (Å²) in [7, 11) is 1.79. The number of fused-ring (bicyclic) bond motifs is 1. The van der Waals surface area contributed by atoms with Crippen molar-refractivity contribution in [2.75, 3.05) is 7.05 Å². The van der Waals surface area contributed by atoms with Gasteiger partial charge in [-0.25, -0.2) is 4.98 Å². The lowest BCUT2D eigenvalue weighted by molar-refractivity contribution is 0.593. The Kier molecular flexibility index (Phi) is 2.83. The molecule has 4 nitrogen and oxygen atoms in total. The second-order valence-electron chi connectivity index (χ2n) is 3.17. The lowest BCUT2D eigenvalue weighted by Gasteiger charge is -2.05. The molecule has 0 fully saturated rings. The summed E-state index contributed by atoms with van der Waals surface area (Å²) in [5.41, 5.74) is 0.672. The summed E-state index contributed by atoms with van der Waals surface area (Å²) in [5, 5.41) is 3.54. The van der Waals surface area contributed by atoms with E-state index in [1.54, 1.807) is 19.4 Å². The van der Waals surface area contributed by atoms with Gasteiger partial charge in [-0.15, -0.1) is 0 Å². The SMILES string of the molecule is CNCn1cnc2c(Br)cccc2c1=O. The Morgan fingerprint density at radius 1 is 1.53 bits per heavy atom. The second kappa shape index (κ2) is 4.12. The number of halogens is 1. The summed E-state index contributed by atoms with van der Waals surface area (Å²) >= 11 is 3.37. The van der Waals surface area contributed by atoms with Gasteiger partial charge >= 0.3 is 0 Å². The first-order valence-corrected chi connectivity index (χ1v) is 5.31.